The number of hydrogen-bond donors (Lipinski definition) is 1. The maximum atomic E-state index is 8.92. The minimum absolute atomic E-state index is 0.351. The van der Waals surface area contributed by atoms with Gasteiger partial charge in [0, 0.05) is 5.56 Å². The minimum atomic E-state index is 0.351. The lowest BCUT2D eigenvalue weighted by atomic mass is 9.99. The molecule has 0 saturated heterocycles. The van der Waals surface area contributed by atoms with Gasteiger partial charge in [-0.25, -0.2) is 4.98 Å². The molecule has 2 rings (SSSR count). The van der Waals surface area contributed by atoms with Crippen molar-refractivity contribution in [2.45, 2.75) is 19.8 Å². The summed E-state index contributed by atoms with van der Waals surface area (Å²) in [6.07, 6.45) is 0. The van der Waals surface area contributed by atoms with E-state index >= 15 is 0 Å². The van der Waals surface area contributed by atoms with Crippen molar-refractivity contribution in [1.29, 1.82) is 5.26 Å². The highest BCUT2D eigenvalue weighted by Gasteiger charge is 2.13. The van der Waals surface area contributed by atoms with Crippen molar-refractivity contribution in [1.82, 2.24) is 9.97 Å². The van der Waals surface area contributed by atoms with Crippen molar-refractivity contribution >= 4 is 15.9 Å². The standard InChI is InChI=1S/C14H14BrN3O/c1-8(2)10-6-9(4-5-12(10)19-3)14-17-11(7-16)13(15)18-14/h4-6,8H,1-3H3,(H,17,18). The second kappa shape index (κ2) is 5.45. The molecular formula is C14H14BrN3O. The summed E-state index contributed by atoms with van der Waals surface area (Å²) in [4.78, 5) is 7.31. The number of benzene rings is 1. The van der Waals surface area contributed by atoms with Crippen molar-refractivity contribution in [3.05, 3.63) is 34.1 Å². The summed E-state index contributed by atoms with van der Waals surface area (Å²) in [5.41, 5.74) is 2.41. The molecule has 0 aliphatic heterocycles. The van der Waals surface area contributed by atoms with Crippen molar-refractivity contribution in [3.63, 3.8) is 0 Å². The Morgan fingerprint density at radius 2 is 2.16 bits per heavy atom. The molecule has 1 aromatic carbocycles. The van der Waals surface area contributed by atoms with E-state index < -0.39 is 0 Å². The monoisotopic (exact) mass is 319 g/mol. The lowest BCUT2D eigenvalue weighted by Gasteiger charge is -2.12. The predicted molar refractivity (Wildman–Crippen MR) is 77.1 cm³/mol. The Morgan fingerprint density at radius 1 is 1.42 bits per heavy atom. The quantitative estimate of drug-likeness (QED) is 0.934. The number of aromatic nitrogens is 2. The average Bonchev–Trinajstić information content (AvgIpc) is 2.79. The summed E-state index contributed by atoms with van der Waals surface area (Å²) >= 11 is 3.28. The lowest BCUT2D eigenvalue weighted by Crippen LogP contribution is -1.95. The van der Waals surface area contributed by atoms with Gasteiger partial charge in [0.25, 0.3) is 0 Å². The van der Waals surface area contributed by atoms with Crippen LogP contribution in [-0.2, 0) is 0 Å². The molecule has 4 nitrogen and oxygen atoms in total. The van der Waals surface area contributed by atoms with E-state index in [0.29, 0.717) is 22.0 Å². The second-order valence-electron chi connectivity index (χ2n) is 4.47. The zero-order valence-corrected chi connectivity index (χ0v) is 12.6. The van der Waals surface area contributed by atoms with E-state index in [2.05, 4.69) is 39.7 Å². The number of nitrogens with zero attached hydrogens (tertiary/aromatic N) is 2. The Kier molecular flexibility index (Phi) is 3.91. The van der Waals surface area contributed by atoms with Crippen molar-refractivity contribution in [2.24, 2.45) is 0 Å². The van der Waals surface area contributed by atoms with Crippen LogP contribution in [0.4, 0.5) is 0 Å². The number of aromatic amines is 1. The van der Waals surface area contributed by atoms with Crippen LogP contribution in [0, 0.1) is 11.3 Å². The fourth-order valence-electron chi connectivity index (χ4n) is 1.90. The molecule has 0 unspecified atom stereocenters. The first kappa shape index (κ1) is 13.6. The van der Waals surface area contributed by atoms with Gasteiger partial charge >= 0.3 is 0 Å². The van der Waals surface area contributed by atoms with Gasteiger partial charge in [-0.2, -0.15) is 5.26 Å². The van der Waals surface area contributed by atoms with Crippen LogP contribution in [0.15, 0.2) is 22.8 Å². The molecule has 1 aromatic heterocycles. The molecule has 0 amide bonds. The van der Waals surface area contributed by atoms with Crippen LogP contribution in [0.1, 0.15) is 31.0 Å². The molecule has 1 heterocycles. The molecule has 0 atom stereocenters. The van der Waals surface area contributed by atoms with E-state index in [1.807, 2.05) is 24.3 Å². The molecule has 0 spiro atoms. The van der Waals surface area contributed by atoms with E-state index in [1.165, 1.54) is 0 Å². The maximum absolute atomic E-state index is 8.92. The second-order valence-corrected chi connectivity index (χ2v) is 5.26. The molecule has 0 fully saturated rings. The Morgan fingerprint density at radius 3 is 2.68 bits per heavy atom. The summed E-state index contributed by atoms with van der Waals surface area (Å²) in [5.74, 6) is 1.89. The van der Waals surface area contributed by atoms with Gasteiger partial charge in [0.15, 0.2) is 5.69 Å². The van der Waals surface area contributed by atoms with Crippen LogP contribution in [0.2, 0.25) is 0 Å². The first-order valence-electron chi connectivity index (χ1n) is 5.90. The maximum Gasteiger partial charge on any atom is 0.173 e. The molecule has 98 valence electrons. The third-order valence-corrected chi connectivity index (χ3v) is 3.46. The highest BCUT2D eigenvalue weighted by Crippen LogP contribution is 2.31. The highest BCUT2D eigenvalue weighted by atomic mass is 79.9. The first-order chi connectivity index (χ1) is 9.06. The first-order valence-corrected chi connectivity index (χ1v) is 6.70. The molecular weight excluding hydrogens is 306 g/mol. The van der Waals surface area contributed by atoms with Gasteiger partial charge in [0.2, 0.25) is 0 Å². The number of nitrogens with one attached hydrogen (secondary N) is 1. The number of halogens is 1. The summed E-state index contributed by atoms with van der Waals surface area (Å²) in [7, 11) is 1.66. The van der Waals surface area contributed by atoms with E-state index in [-0.39, 0.29) is 0 Å². The molecule has 5 heteroatoms. The Hall–Kier alpha value is -1.80. The summed E-state index contributed by atoms with van der Waals surface area (Å²) in [6.45, 7) is 4.22. The summed E-state index contributed by atoms with van der Waals surface area (Å²) < 4.78 is 5.96. The van der Waals surface area contributed by atoms with Crippen LogP contribution in [0.3, 0.4) is 0 Å². The van der Waals surface area contributed by atoms with Crippen molar-refractivity contribution in [3.8, 4) is 23.2 Å². The molecule has 2 aromatic rings. The average molecular weight is 320 g/mol. The van der Waals surface area contributed by atoms with Gasteiger partial charge < -0.3 is 9.72 Å². The zero-order chi connectivity index (χ0) is 14.0. The Balaban J connectivity index is 2.51. The van der Waals surface area contributed by atoms with E-state index in [9.17, 15) is 0 Å². The smallest absolute Gasteiger partial charge is 0.173 e. The minimum Gasteiger partial charge on any atom is -0.496 e. The van der Waals surface area contributed by atoms with Gasteiger partial charge in [0.1, 0.15) is 22.2 Å². The van der Waals surface area contributed by atoms with E-state index in [0.717, 1.165) is 16.9 Å². The van der Waals surface area contributed by atoms with Gasteiger partial charge in [-0.1, -0.05) is 13.8 Å². The van der Waals surface area contributed by atoms with Crippen LogP contribution >= 0.6 is 15.9 Å². The molecule has 0 bridgehead atoms. The molecule has 1 N–H and O–H groups in total. The van der Waals surface area contributed by atoms with Crippen LogP contribution < -0.4 is 4.74 Å². The van der Waals surface area contributed by atoms with Crippen molar-refractivity contribution < 1.29 is 4.74 Å². The van der Waals surface area contributed by atoms with Gasteiger partial charge in [0.05, 0.1) is 7.11 Å². The topological polar surface area (TPSA) is 61.7 Å². The number of imidazole rings is 1. The number of hydrogen-bond acceptors (Lipinski definition) is 3. The molecule has 0 aliphatic rings. The fraction of sp³-hybridized carbons (Fsp3) is 0.286. The number of nitriles is 1. The molecule has 0 saturated carbocycles. The molecule has 0 aliphatic carbocycles. The number of methoxy groups -OCH3 is 1. The lowest BCUT2D eigenvalue weighted by molar-refractivity contribution is 0.407. The molecule has 19 heavy (non-hydrogen) atoms. The number of ether oxygens (including phenoxy) is 1. The fourth-order valence-corrected chi connectivity index (χ4v) is 2.26. The van der Waals surface area contributed by atoms with E-state index in [1.54, 1.807) is 7.11 Å². The van der Waals surface area contributed by atoms with Gasteiger partial charge in [-0.15, -0.1) is 0 Å². The third-order valence-electron chi connectivity index (χ3n) is 2.89. The van der Waals surface area contributed by atoms with Crippen LogP contribution in [0.25, 0.3) is 11.4 Å². The number of H-pyrrole nitrogens is 1. The summed E-state index contributed by atoms with van der Waals surface area (Å²) in [5, 5.41) is 8.92. The zero-order valence-electron chi connectivity index (χ0n) is 11.0. The Labute approximate surface area is 120 Å². The van der Waals surface area contributed by atoms with Crippen LogP contribution in [-0.4, -0.2) is 17.1 Å². The summed E-state index contributed by atoms with van der Waals surface area (Å²) in [6, 6.07) is 7.92. The highest BCUT2D eigenvalue weighted by molar-refractivity contribution is 9.10. The SMILES string of the molecule is COc1ccc(-c2nc(C#N)c(Br)[nH]2)cc1C(C)C. The predicted octanol–water partition coefficient (Wildman–Crippen LogP) is 3.84. The van der Waals surface area contributed by atoms with Gasteiger partial charge in [-0.3, -0.25) is 0 Å². The third kappa shape index (κ3) is 2.64. The van der Waals surface area contributed by atoms with E-state index in [4.69, 9.17) is 10.00 Å². The molecule has 0 radical (unpaired) electrons. The van der Waals surface area contributed by atoms with Crippen molar-refractivity contribution in [2.75, 3.05) is 7.11 Å². The van der Waals surface area contributed by atoms with Gasteiger partial charge in [-0.05, 0) is 45.6 Å². The number of rotatable bonds is 3. The van der Waals surface area contributed by atoms with Crippen LogP contribution in [0.5, 0.6) is 5.75 Å². The Bertz CT molecular complexity index is 641. The normalized spacial score (nSPS) is 10.5. The largest absolute Gasteiger partial charge is 0.496 e.